The molecule has 0 spiro atoms. The summed E-state index contributed by atoms with van der Waals surface area (Å²) in [6.45, 7) is 3.66. The number of thiophene rings is 1. The fourth-order valence-corrected chi connectivity index (χ4v) is 11.6. The number of aromatic nitrogens is 3. The van der Waals surface area contributed by atoms with Crippen molar-refractivity contribution < 1.29 is 46.9 Å². The van der Waals surface area contributed by atoms with Gasteiger partial charge in [-0.3, -0.25) is 28.9 Å². The molecule has 0 radical (unpaired) electrons. The first-order valence-corrected chi connectivity index (χ1v) is 21.0. The fraction of sp³-hybridized carbons (Fsp3) is 0.349. The lowest BCUT2D eigenvalue weighted by atomic mass is 9.51. The molecule has 6 atom stereocenters. The van der Waals surface area contributed by atoms with E-state index in [0.29, 0.717) is 27.9 Å². The molecule has 2 saturated heterocycles. The van der Waals surface area contributed by atoms with Crippen molar-refractivity contribution >= 4 is 79.9 Å². The summed E-state index contributed by atoms with van der Waals surface area (Å²) in [6.07, 6.45) is -3.01. The number of pyridine rings is 1. The summed E-state index contributed by atoms with van der Waals surface area (Å²) in [5.41, 5.74) is -0.246. The van der Waals surface area contributed by atoms with Crippen molar-refractivity contribution in [3.63, 3.8) is 0 Å². The number of benzene rings is 2. The van der Waals surface area contributed by atoms with Crippen LogP contribution < -0.4 is 19.4 Å². The molecule has 5 aromatic rings. The number of hydrogen-bond donors (Lipinski definition) is 1. The van der Waals surface area contributed by atoms with Crippen LogP contribution in [0.15, 0.2) is 60.2 Å². The molecule has 0 unspecified atom stereocenters. The minimum atomic E-state index is -4.84. The average Bonchev–Trinajstić information content (AvgIpc) is 3.90. The summed E-state index contributed by atoms with van der Waals surface area (Å²) in [7, 11) is 5.59. The highest BCUT2D eigenvalue weighted by Crippen LogP contribution is 2.64. The third kappa shape index (κ3) is 5.94. The number of rotatable bonds is 7. The first kappa shape index (κ1) is 41.7. The van der Waals surface area contributed by atoms with Gasteiger partial charge in [-0.05, 0) is 91.6 Å². The first-order valence-electron chi connectivity index (χ1n) is 19.4. The van der Waals surface area contributed by atoms with Gasteiger partial charge in [0.15, 0.2) is 17.3 Å². The standard InChI is InChI=1S/C43H37Cl2F3N6O7S/c1-18-23-15-20(44)7-11-30(23)62-36(18)27-17-32(51(3)50-27)53-39(57)25-16-24-21(34(42(25,2)41(53)59)19-13-28(60-5)35(55)29(14-19)61-6)8-9-22-33(24)40(58)54(38(22)56)52(4)37-26(45)10-12-31(49-37)43(46,47)48/h7-8,10-15,17,22,24-25,33-34,55H,9,16H2,1-6H3/t22-,24+,25-,33-,34-,42+/m0/s1. The van der Waals surface area contributed by atoms with Gasteiger partial charge in [0.25, 0.3) is 11.8 Å². The maximum Gasteiger partial charge on any atom is 0.433 e. The molecule has 1 N–H and O–H groups in total. The average molecular weight is 910 g/mol. The largest absolute Gasteiger partial charge is 0.502 e. The number of phenolic OH excluding ortho intramolecular Hbond substituents is 1. The van der Waals surface area contributed by atoms with E-state index in [0.717, 1.165) is 41.5 Å². The minimum absolute atomic E-state index is 0.0204. The number of nitrogens with zero attached hydrogens (tertiary/aromatic N) is 6. The summed E-state index contributed by atoms with van der Waals surface area (Å²) in [4.78, 5) is 64.9. The van der Waals surface area contributed by atoms with Crippen LogP contribution in [0.4, 0.5) is 24.8 Å². The van der Waals surface area contributed by atoms with Crippen molar-refractivity contribution in [1.82, 2.24) is 19.8 Å². The molecule has 3 aromatic heterocycles. The van der Waals surface area contributed by atoms with Gasteiger partial charge in [0.2, 0.25) is 17.6 Å². The molecule has 3 fully saturated rings. The Labute approximate surface area is 366 Å². The van der Waals surface area contributed by atoms with E-state index in [1.54, 1.807) is 38.2 Å². The molecule has 1 saturated carbocycles. The van der Waals surface area contributed by atoms with E-state index in [1.807, 2.05) is 25.1 Å². The number of amides is 4. The van der Waals surface area contributed by atoms with Crippen LogP contribution in [-0.2, 0) is 32.4 Å². The van der Waals surface area contributed by atoms with E-state index in [2.05, 4.69) is 4.98 Å². The molecule has 2 aliphatic carbocycles. The summed E-state index contributed by atoms with van der Waals surface area (Å²) >= 11 is 14.1. The number of aryl methyl sites for hydroxylation is 2. The number of hydrogen-bond acceptors (Lipinski definition) is 11. The van der Waals surface area contributed by atoms with E-state index < -0.39 is 76.3 Å². The van der Waals surface area contributed by atoms with Gasteiger partial charge < -0.3 is 14.6 Å². The van der Waals surface area contributed by atoms with Gasteiger partial charge in [-0.15, -0.1) is 11.3 Å². The molecule has 2 aromatic carbocycles. The Balaban J connectivity index is 1.15. The topological polar surface area (TPSA) is 147 Å². The van der Waals surface area contributed by atoms with Crippen LogP contribution >= 0.6 is 34.5 Å². The number of ether oxygens (including phenoxy) is 2. The molecule has 4 amide bonds. The Hall–Kier alpha value is -5.65. The Bertz CT molecular complexity index is 2800. The van der Waals surface area contributed by atoms with Gasteiger partial charge in [-0.25, -0.2) is 9.88 Å². The lowest BCUT2D eigenvalue weighted by molar-refractivity contribution is -0.141. The predicted molar refractivity (Wildman–Crippen MR) is 224 cm³/mol. The van der Waals surface area contributed by atoms with Crippen LogP contribution in [0.2, 0.25) is 10.0 Å². The number of methoxy groups -OCH3 is 2. The fourth-order valence-electron chi connectivity index (χ4n) is 10.1. The van der Waals surface area contributed by atoms with E-state index in [4.69, 9.17) is 37.8 Å². The molecule has 0 bridgehead atoms. The number of fused-ring (bicyclic) bond motifs is 5. The van der Waals surface area contributed by atoms with Crippen LogP contribution in [-0.4, -0.2) is 69.8 Å². The molecular weight excluding hydrogens is 872 g/mol. The van der Waals surface area contributed by atoms with E-state index in [9.17, 15) is 27.9 Å². The van der Waals surface area contributed by atoms with Crippen LogP contribution in [0, 0.1) is 36.0 Å². The number of anilines is 2. The molecule has 322 valence electrons. The molecule has 5 heterocycles. The van der Waals surface area contributed by atoms with Crippen molar-refractivity contribution in [3.05, 3.63) is 87.0 Å². The van der Waals surface area contributed by atoms with Crippen molar-refractivity contribution in [2.45, 2.75) is 38.8 Å². The Morgan fingerprint density at radius 2 is 1.66 bits per heavy atom. The number of phenols is 1. The maximum atomic E-state index is 15.3. The second kappa shape index (κ2) is 14.5. The monoisotopic (exact) mass is 908 g/mol. The minimum Gasteiger partial charge on any atom is -0.502 e. The number of alkyl halides is 3. The molecule has 13 nitrogen and oxygen atoms in total. The normalized spacial score (nSPS) is 24.7. The zero-order chi connectivity index (χ0) is 44.5. The number of allylic oxidation sites excluding steroid dienone is 2. The third-order valence-electron chi connectivity index (χ3n) is 13.0. The number of hydrazine groups is 1. The Kier molecular flexibility index (Phi) is 9.72. The quantitative estimate of drug-likeness (QED) is 0.125. The van der Waals surface area contributed by atoms with Crippen molar-refractivity contribution in [2.75, 3.05) is 31.2 Å². The second-order valence-electron chi connectivity index (χ2n) is 16.2. The van der Waals surface area contributed by atoms with Gasteiger partial charge in [0.1, 0.15) is 17.2 Å². The number of aromatic hydroxyl groups is 1. The highest BCUT2D eigenvalue weighted by molar-refractivity contribution is 7.22. The lowest BCUT2D eigenvalue weighted by Gasteiger charge is -2.49. The smallest absolute Gasteiger partial charge is 0.433 e. The van der Waals surface area contributed by atoms with Crippen molar-refractivity contribution in [1.29, 1.82) is 0 Å². The highest BCUT2D eigenvalue weighted by Gasteiger charge is 2.68. The highest BCUT2D eigenvalue weighted by atomic mass is 35.5. The van der Waals surface area contributed by atoms with E-state index in [1.165, 1.54) is 37.3 Å². The van der Waals surface area contributed by atoms with Crippen molar-refractivity contribution in [2.24, 2.45) is 36.1 Å². The zero-order valence-corrected chi connectivity index (χ0v) is 36.2. The Morgan fingerprint density at radius 1 is 0.968 bits per heavy atom. The first-order chi connectivity index (χ1) is 29.3. The molecule has 19 heteroatoms. The van der Waals surface area contributed by atoms with Crippen LogP contribution in [0.5, 0.6) is 17.2 Å². The second-order valence-corrected chi connectivity index (χ2v) is 18.1. The summed E-state index contributed by atoms with van der Waals surface area (Å²) in [5, 5.41) is 18.7. The number of carbonyl (C=O) groups is 4. The molecular formula is C43H37Cl2F3N6O7S. The molecule has 2 aliphatic heterocycles. The summed E-state index contributed by atoms with van der Waals surface area (Å²) in [5.74, 6) is -7.73. The van der Waals surface area contributed by atoms with E-state index in [-0.39, 0.29) is 40.9 Å². The SMILES string of the molecule is COc1cc([C@H]2C3=CC[C@@H]4C(=O)N(N(C)c5nc(C(F)(F)F)ccc5Cl)C(=O)[C@@H]4[C@@H]3C[C@H]3C(=O)N(c4cc(-c5sc6ccc(Cl)cc6c5C)nn4C)C(=O)[C@@]23C)cc(OC)c1O. The molecule has 4 aliphatic rings. The summed E-state index contributed by atoms with van der Waals surface area (Å²) in [6, 6.07) is 12.1. The zero-order valence-electron chi connectivity index (χ0n) is 33.9. The molecule has 9 rings (SSSR count). The van der Waals surface area contributed by atoms with Gasteiger partial charge >= 0.3 is 6.18 Å². The summed E-state index contributed by atoms with van der Waals surface area (Å²) < 4.78 is 54.8. The van der Waals surface area contributed by atoms with E-state index >= 15 is 9.59 Å². The molecule has 62 heavy (non-hydrogen) atoms. The van der Waals surface area contributed by atoms with Crippen LogP contribution in [0.25, 0.3) is 20.7 Å². The predicted octanol–water partition coefficient (Wildman–Crippen LogP) is 8.34. The van der Waals surface area contributed by atoms with Gasteiger partial charge in [-0.2, -0.15) is 23.3 Å². The van der Waals surface area contributed by atoms with Gasteiger partial charge in [0.05, 0.1) is 47.3 Å². The van der Waals surface area contributed by atoms with Gasteiger partial charge in [-0.1, -0.05) is 34.9 Å². The van der Waals surface area contributed by atoms with Gasteiger partial charge in [0, 0.05) is 35.8 Å². The van der Waals surface area contributed by atoms with Crippen LogP contribution in [0.3, 0.4) is 0 Å². The Morgan fingerprint density at radius 3 is 2.32 bits per heavy atom. The third-order valence-corrected chi connectivity index (χ3v) is 14.9. The van der Waals surface area contributed by atoms with Crippen molar-refractivity contribution in [3.8, 4) is 27.8 Å². The van der Waals surface area contributed by atoms with Crippen LogP contribution in [0.1, 0.15) is 42.5 Å². The number of halogens is 5. The number of carbonyl (C=O) groups excluding carboxylic acids is 4. The lowest BCUT2D eigenvalue weighted by Crippen LogP contribution is -2.49. The maximum absolute atomic E-state index is 15.3. The number of imide groups is 2.